The van der Waals surface area contributed by atoms with Crippen molar-refractivity contribution in [2.75, 3.05) is 6.54 Å². The summed E-state index contributed by atoms with van der Waals surface area (Å²) in [4.78, 5) is 15.7. The van der Waals surface area contributed by atoms with Crippen LogP contribution in [0.2, 0.25) is 0 Å². The fourth-order valence-corrected chi connectivity index (χ4v) is 2.55. The van der Waals surface area contributed by atoms with Crippen LogP contribution in [0.15, 0.2) is 10.9 Å². The van der Waals surface area contributed by atoms with Crippen LogP contribution in [0.1, 0.15) is 37.1 Å². The number of nitrogens with zero attached hydrogens (tertiary/aromatic N) is 2. The molecule has 1 aliphatic heterocycles. The fraction of sp³-hybridized carbons (Fsp3) is 0.692. The molecule has 0 amide bonds. The maximum atomic E-state index is 11.7. The lowest BCUT2D eigenvalue weighted by Crippen LogP contribution is -2.27. The molecule has 0 spiro atoms. The highest BCUT2D eigenvalue weighted by Gasteiger charge is 2.13. The average molecular weight is 235 g/mol. The van der Waals surface area contributed by atoms with E-state index in [4.69, 9.17) is 0 Å². The second kappa shape index (κ2) is 5.45. The Morgan fingerprint density at radius 3 is 3.00 bits per heavy atom. The Labute approximate surface area is 102 Å². The Morgan fingerprint density at radius 2 is 2.35 bits per heavy atom. The SMILES string of the molecule is Cc1cc(C)n(CCCC2CCCN2)c(=O)n1. The molecular formula is C13H21N3O. The van der Waals surface area contributed by atoms with Crippen molar-refractivity contribution < 1.29 is 0 Å². The van der Waals surface area contributed by atoms with Gasteiger partial charge in [-0.2, -0.15) is 4.98 Å². The van der Waals surface area contributed by atoms with Gasteiger partial charge in [-0.05, 0) is 52.1 Å². The van der Waals surface area contributed by atoms with Gasteiger partial charge in [0.25, 0.3) is 0 Å². The van der Waals surface area contributed by atoms with E-state index in [0.29, 0.717) is 6.04 Å². The minimum absolute atomic E-state index is 0.109. The van der Waals surface area contributed by atoms with E-state index in [2.05, 4.69) is 10.3 Å². The summed E-state index contributed by atoms with van der Waals surface area (Å²) in [7, 11) is 0. The summed E-state index contributed by atoms with van der Waals surface area (Å²) in [6.45, 7) is 5.77. The predicted octanol–water partition coefficient (Wildman–Crippen LogP) is 1.39. The Morgan fingerprint density at radius 1 is 1.53 bits per heavy atom. The third-order valence-corrected chi connectivity index (χ3v) is 3.44. The fourth-order valence-electron chi connectivity index (χ4n) is 2.55. The van der Waals surface area contributed by atoms with E-state index in [1.165, 1.54) is 12.8 Å². The van der Waals surface area contributed by atoms with Gasteiger partial charge in [0, 0.05) is 24.0 Å². The molecule has 0 saturated carbocycles. The van der Waals surface area contributed by atoms with Crippen molar-refractivity contribution in [3.8, 4) is 0 Å². The number of rotatable bonds is 4. The van der Waals surface area contributed by atoms with Gasteiger partial charge in [-0.15, -0.1) is 0 Å². The van der Waals surface area contributed by atoms with E-state index in [1.54, 1.807) is 4.57 Å². The van der Waals surface area contributed by atoms with Crippen LogP contribution in [0, 0.1) is 13.8 Å². The molecule has 94 valence electrons. The van der Waals surface area contributed by atoms with E-state index >= 15 is 0 Å². The van der Waals surface area contributed by atoms with Crippen LogP contribution in [-0.2, 0) is 6.54 Å². The van der Waals surface area contributed by atoms with E-state index in [0.717, 1.165) is 37.3 Å². The topological polar surface area (TPSA) is 46.9 Å². The maximum Gasteiger partial charge on any atom is 0.347 e. The Balaban J connectivity index is 1.92. The van der Waals surface area contributed by atoms with Crippen LogP contribution in [0.5, 0.6) is 0 Å². The Hall–Kier alpha value is -1.16. The average Bonchev–Trinajstić information content (AvgIpc) is 2.74. The first-order valence-electron chi connectivity index (χ1n) is 6.45. The number of hydrogen-bond donors (Lipinski definition) is 1. The lowest BCUT2D eigenvalue weighted by molar-refractivity contribution is 0.489. The number of hydrogen-bond acceptors (Lipinski definition) is 3. The summed E-state index contributed by atoms with van der Waals surface area (Å²) in [5, 5.41) is 3.48. The smallest absolute Gasteiger partial charge is 0.314 e. The van der Waals surface area contributed by atoms with Crippen molar-refractivity contribution in [3.05, 3.63) is 27.9 Å². The molecule has 1 unspecified atom stereocenters. The van der Waals surface area contributed by atoms with E-state index in [-0.39, 0.29) is 5.69 Å². The van der Waals surface area contributed by atoms with Gasteiger partial charge in [-0.3, -0.25) is 4.57 Å². The van der Waals surface area contributed by atoms with Gasteiger partial charge < -0.3 is 5.32 Å². The first kappa shape index (κ1) is 12.3. The molecular weight excluding hydrogens is 214 g/mol. The lowest BCUT2D eigenvalue weighted by atomic mass is 10.1. The molecule has 0 radical (unpaired) electrons. The van der Waals surface area contributed by atoms with Crippen LogP contribution >= 0.6 is 0 Å². The van der Waals surface area contributed by atoms with Gasteiger partial charge in [-0.1, -0.05) is 0 Å². The van der Waals surface area contributed by atoms with Crippen molar-refractivity contribution in [1.29, 1.82) is 0 Å². The van der Waals surface area contributed by atoms with Crippen LogP contribution in [0.25, 0.3) is 0 Å². The van der Waals surface area contributed by atoms with Gasteiger partial charge in [0.05, 0.1) is 0 Å². The molecule has 2 rings (SSSR count). The quantitative estimate of drug-likeness (QED) is 0.858. The van der Waals surface area contributed by atoms with Crippen LogP contribution < -0.4 is 11.0 Å². The molecule has 1 N–H and O–H groups in total. The molecule has 1 atom stereocenters. The minimum Gasteiger partial charge on any atom is -0.314 e. The maximum absolute atomic E-state index is 11.7. The molecule has 4 heteroatoms. The number of nitrogens with one attached hydrogen (secondary N) is 1. The predicted molar refractivity (Wildman–Crippen MR) is 68.2 cm³/mol. The van der Waals surface area contributed by atoms with Crippen molar-refractivity contribution in [1.82, 2.24) is 14.9 Å². The molecule has 1 saturated heterocycles. The molecule has 1 aromatic heterocycles. The second-order valence-corrected chi connectivity index (χ2v) is 4.91. The number of aryl methyl sites for hydroxylation is 2. The van der Waals surface area contributed by atoms with Gasteiger partial charge in [0.1, 0.15) is 0 Å². The minimum atomic E-state index is -0.109. The van der Waals surface area contributed by atoms with E-state index in [9.17, 15) is 4.79 Å². The first-order valence-corrected chi connectivity index (χ1v) is 6.45. The third-order valence-electron chi connectivity index (χ3n) is 3.44. The van der Waals surface area contributed by atoms with E-state index in [1.807, 2.05) is 19.9 Å². The standard InChI is InChI=1S/C13H21N3O/c1-10-9-11(2)16(13(17)15-10)8-4-6-12-5-3-7-14-12/h9,12,14H,3-8H2,1-2H3. The highest BCUT2D eigenvalue weighted by molar-refractivity contribution is 5.06. The molecule has 0 bridgehead atoms. The van der Waals surface area contributed by atoms with Crippen molar-refractivity contribution >= 4 is 0 Å². The molecule has 0 aromatic carbocycles. The molecule has 0 aliphatic carbocycles. The molecule has 4 nitrogen and oxygen atoms in total. The Kier molecular flexibility index (Phi) is 3.94. The largest absolute Gasteiger partial charge is 0.347 e. The summed E-state index contributed by atoms with van der Waals surface area (Å²) in [5.74, 6) is 0. The molecule has 1 fully saturated rings. The molecule has 2 heterocycles. The molecule has 1 aromatic rings. The van der Waals surface area contributed by atoms with Crippen LogP contribution in [0.4, 0.5) is 0 Å². The molecule has 1 aliphatic rings. The third kappa shape index (κ3) is 3.16. The zero-order chi connectivity index (χ0) is 12.3. The highest BCUT2D eigenvalue weighted by Crippen LogP contribution is 2.11. The summed E-state index contributed by atoms with van der Waals surface area (Å²) >= 11 is 0. The summed E-state index contributed by atoms with van der Waals surface area (Å²) < 4.78 is 1.78. The van der Waals surface area contributed by atoms with Crippen molar-refractivity contribution in [2.24, 2.45) is 0 Å². The van der Waals surface area contributed by atoms with Gasteiger partial charge in [0.2, 0.25) is 0 Å². The second-order valence-electron chi connectivity index (χ2n) is 4.91. The van der Waals surface area contributed by atoms with Gasteiger partial charge in [-0.25, -0.2) is 4.79 Å². The number of aromatic nitrogens is 2. The normalized spacial score (nSPS) is 19.8. The monoisotopic (exact) mass is 235 g/mol. The summed E-state index contributed by atoms with van der Waals surface area (Å²) in [6.07, 6.45) is 4.76. The zero-order valence-corrected chi connectivity index (χ0v) is 10.7. The van der Waals surface area contributed by atoms with Crippen LogP contribution in [-0.4, -0.2) is 22.1 Å². The van der Waals surface area contributed by atoms with E-state index < -0.39 is 0 Å². The Bertz CT molecular complexity index is 433. The zero-order valence-electron chi connectivity index (χ0n) is 10.7. The van der Waals surface area contributed by atoms with Gasteiger partial charge in [0.15, 0.2) is 0 Å². The summed E-state index contributed by atoms with van der Waals surface area (Å²) in [5.41, 5.74) is 1.71. The first-order chi connectivity index (χ1) is 8.16. The van der Waals surface area contributed by atoms with Crippen molar-refractivity contribution in [3.63, 3.8) is 0 Å². The summed E-state index contributed by atoms with van der Waals surface area (Å²) in [6, 6.07) is 2.62. The van der Waals surface area contributed by atoms with Crippen molar-refractivity contribution in [2.45, 2.75) is 52.1 Å². The highest BCUT2D eigenvalue weighted by atomic mass is 16.1. The molecule has 17 heavy (non-hydrogen) atoms. The van der Waals surface area contributed by atoms with Gasteiger partial charge >= 0.3 is 5.69 Å². The van der Waals surface area contributed by atoms with Crippen LogP contribution in [0.3, 0.4) is 0 Å². The lowest BCUT2D eigenvalue weighted by Gasteiger charge is -2.12.